The maximum Gasteiger partial charge on any atom is 0.257 e. The van der Waals surface area contributed by atoms with Crippen molar-refractivity contribution in [3.05, 3.63) is 29.8 Å². The van der Waals surface area contributed by atoms with Crippen molar-refractivity contribution in [2.45, 2.75) is 33.3 Å². The monoisotopic (exact) mass is 276 g/mol. The smallest absolute Gasteiger partial charge is 0.257 e. The third kappa shape index (κ3) is 3.12. The average molecular weight is 276 g/mol. The Labute approximate surface area is 120 Å². The first-order valence-electron chi connectivity index (χ1n) is 7.20. The van der Waals surface area contributed by atoms with Crippen LogP contribution in [-0.4, -0.2) is 36.5 Å². The van der Waals surface area contributed by atoms with Crippen molar-refractivity contribution in [2.24, 2.45) is 11.1 Å². The van der Waals surface area contributed by atoms with Crippen molar-refractivity contribution in [1.29, 1.82) is 0 Å². The maximum atomic E-state index is 12.7. The molecule has 1 amide bonds. The molecule has 1 saturated heterocycles. The maximum absolute atomic E-state index is 12.7. The van der Waals surface area contributed by atoms with Crippen molar-refractivity contribution >= 4 is 5.91 Å². The van der Waals surface area contributed by atoms with Crippen molar-refractivity contribution < 1.29 is 9.53 Å². The van der Waals surface area contributed by atoms with Gasteiger partial charge in [0.25, 0.3) is 5.91 Å². The van der Waals surface area contributed by atoms with Crippen LogP contribution >= 0.6 is 0 Å². The minimum absolute atomic E-state index is 0.0402. The van der Waals surface area contributed by atoms with Crippen LogP contribution in [0.5, 0.6) is 5.75 Å². The number of para-hydroxylation sites is 1. The van der Waals surface area contributed by atoms with Crippen molar-refractivity contribution in [2.75, 3.05) is 19.6 Å². The van der Waals surface area contributed by atoms with Gasteiger partial charge in [-0.05, 0) is 44.4 Å². The van der Waals surface area contributed by atoms with E-state index >= 15 is 0 Å². The molecule has 2 rings (SSSR count). The SMILES string of the molecule is CC(C)Oc1ccccc1C(=O)N1CCC(C)(CN)C1. The molecule has 20 heavy (non-hydrogen) atoms. The van der Waals surface area contributed by atoms with Gasteiger partial charge in [-0.25, -0.2) is 0 Å². The molecule has 1 fully saturated rings. The van der Waals surface area contributed by atoms with E-state index in [0.717, 1.165) is 19.5 Å². The molecule has 0 aromatic heterocycles. The van der Waals surface area contributed by atoms with Gasteiger partial charge < -0.3 is 15.4 Å². The summed E-state index contributed by atoms with van der Waals surface area (Å²) in [4.78, 5) is 14.5. The summed E-state index contributed by atoms with van der Waals surface area (Å²) in [7, 11) is 0. The fourth-order valence-electron chi connectivity index (χ4n) is 2.53. The van der Waals surface area contributed by atoms with E-state index in [9.17, 15) is 4.79 Å². The molecule has 1 atom stereocenters. The molecule has 1 aliphatic rings. The molecule has 0 saturated carbocycles. The number of nitrogens with two attached hydrogens (primary N) is 1. The number of amides is 1. The number of carbonyl (C=O) groups excluding carboxylic acids is 1. The predicted octanol–water partition coefficient (Wildman–Crippen LogP) is 2.28. The average Bonchev–Trinajstić information content (AvgIpc) is 2.81. The largest absolute Gasteiger partial charge is 0.490 e. The summed E-state index contributed by atoms with van der Waals surface area (Å²) in [6.07, 6.45) is 1.01. The van der Waals surface area contributed by atoms with Gasteiger partial charge in [-0.1, -0.05) is 19.1 Å². The fraction of sp³-hybridized carbons (Fsp3) is 0.562. The number of nitrogens with zero attached hydrogens (tertiary/aromatic N) is 1. The Hall–Kier alpha value is -1.55. The number of hydrogen-bond donors (Lipinski definition) is 1. The zero-order valence-corrected chi connectivity index (χ0v) is 12.6. The van der Waals surface area contributed by atoms with Gasteiger partial charge in [-0.3, -0.25) is 4.79 Å². The number of likely N-dealkylation sites (tertiary alicyclic amines) is 1. The fourth-order valence-corrected chi connectivity index (χ4v) is 2.53. The first-order chi connectivity index (χ1) is 9.45. The van der Waals surface area contributed by atoms with Gasteiger partial charge in [0.1, 0.15) is 5.75 Å². The third-order valence-electron chi connectivity index (χ3n) is 3.82. The lowest BCUT2D eigenvalue weighted by atomic mass is 9.90. The first-order valence-corrected chi connectivity index (χ1v) is 7.20. The molecule has 1 aromatic carbocycles. The van der Waals surface area contributed by atoms with Crippen molar-refractivity contribution in [1.82, 2.24) is 4.90 Å². The summed E-state index contributed by atoms with van der Waals surface area (Å²) in [6, 6.07) is 7.45. The number of carbonyl (C=O) groups is 1. The van der Waals surface area contributed by atoms with Crippen LogP contribution in [0.4, 0.5) is 0 Å². The van der Waals surface area contributed by atoms with Gasteiger partial charge in [0.2, 0.25) is 0 Å². The predicted molar refractivity (Wildman–Crippen MR) is 79.9 cm³/mol. The molecule has 0 aliphatic carbocycles. The lowest BCUT2D eigenvalue weighted by molar-refractivity contribution is 0.0770. The second kappa shape index (κ2) is 5.83. The second-order valence-corrected chi connectivity index (χ2v) is 6.15. The van der Waals surface area contributed by atoms with E-state index in [4.69, 9.17) is 10.5 Å². The van der Waals surface area contributed by atoms with Gasteiger partial charge in [0.15, 0.2) is 0 Å². The minimum atomic E-state index is 0.0402. The van der Waals surface area contributed by atoms with Crippen LogP contribution in [0.25, 0.3) is 0 Å². The lowest BCUT2D eigenvalue weighted by Crippen LogP contribution is -2.34. The Bertz CT molecular complexity index is 487. The van der Waals surface area contributed by atoms with Gasteiger partial charge in [0, 0.05) is 13.1 Å². The number of benzene rings is 1. The lowest BCUT2D eigenvalue weighted by Gasteiger charge is -2.23. The van der Waals surface area contributed by atoms with Crippen molar-refractivity contribution in [3.8, 4) is 5.75 Å². The summed E-state index contributed by atoms with van der Waals surface area (Å²) >= 11 is 0. The molecule has 1 aliphatic heterocycles. The number of hydrogen-bond acceptors (Lipinski definition) is 3. The van der Waals surface area contributed by atoms with E-state index in [0.29, 0.717) is 17.9 Å². The van der Waals surface area contributed by atoms with E-state index in [-0.39, 0.29) is 17.4 Å². The molecule has 1 heterocycles. The summed E-state index contributed by atoms with van der Waals surface area (Å²) in [5.41, 5.74) is 6.49. The van der Waals surface area contributed by atoms with Gasteiger partial charge >= 0.3 is 0 Å². The highest BCUT2D eigenvalue weighted by Gasteiger charge is 2.35. The Morgan fingerprint density at radius 3 is 2.75 bits per heavy atom. The molecule has 110 valence electrons. The Morgan fingerprint density at radius 2 is 2.15 bits per heavy atom. The molecule has 0 radical (unpaired) electrons. The molecule has 1 aromatic rings. The topological polar surface area (TPSA) is 55.6 Å². The third-order valence-corrected chi connectivity index (χ3v) is 3.82. The summed E-state index contributed by atoms with van der Waals surface area (Å²) in [5.74, 6) is 0.701. The van der Waals surface area contributed by atoms with Crippen LogP contribution in [0.3, 0.4) is 0 Å². The zero-order valence-electron chi connectivity index (χ0n) is 12.6. The van der Waals surface area contributed by atoms with Crippen LogP contribution in [-0.2, 0) is 0 Å². The number of rotatable bonds is 4. The van der Waals surface area contributed by atoms with E-state index in [2.05, 4.69) is 6.92 Å². The van der Waals surface area contributed by atoms with Crippen LogP contribution in [0.2, 0.25) is 0 Å². The van der Waals surface area contributed by atoms with Crippen LogP contribution in [0, 0.1) is 5.41 Å². The zero-order chi connectivity index (χ0) is 14.8. The minimum Gasteiger partial charge on any atom is -0.490 e. The molecule has 1 unspecified atom stereocenters. The Balaban J connectivity index is 2.18. The second-order valence-electron chi connectivity index (χ2n) is 6.15. The molecule has 0 spiro atoms. The van der Waals surface area contributed by atoms with Gasteiger partial charge in [-0.2, -0.15) is 0 Å². The highest BCUT2D eigenvalue weighted by molar-refractivity contribution is 5.97. The Kier molecular flexibility index (Phi) is 4.33. The highest BCUT2D eigenvalue weighted by Crippen LogP contribution is 2.31. The quantitative estimate of drug-likeness (QED) is 0.918. The molecule has 0 bridgehead atoms. The highest BCUT2D eigenvalue weighted by atomic mass is 16.5. The molecule has 2 N–H and O–H groups in total. The van der Waals surface area contributed by atoms with Gasteiger partial charge in [-0.15, -0.1) is 0 Å². The first kappa shape index (κ1) is 14.9. The number of ether oxygens (including phenoxy) is 1. The molecular weight excluding hydrogens is 252 g/mol. The summed E-state index contributed by atoms with van der Waals surface area (Å²) in [6.45, 7) is 8.16. The van der Waals surface area contributed by atoms with Crippen molar-refractivity contribution in [3.63, 3.8) is 0 Å². The van der Waals surface area contributed by atoms with E-state index < -0.39 is 0 Å². The molecular formula is C16H24N2O2. The van der Waals surface area contributed by atoms with Gasteiger partial charge in [0.05, 0.1) is 11.7 Å². The van der Waals surface area contributed by atoms with E-state index in [1.54, 1.807) is 0 Å². The van der Waals surface area contributed by atoms with Crippen LogP contribution in [0.1, 0.15) is 37.6 Å². The van der Waals surface area contributed by atoms with E-state index in [1.807, 2.05) is 43.0 Å². The summed E-state index contributed by atoms with van der Waals surface area (Å²) < 4.78 is 5.73. The van der Waals surface area contributed by atoms with Crippen LogP contribution in [0.15, 0.2) is 24.3 Å². The normalized spacial score (nSPS) is 22.4. The summed E-state index contributed by atoms with van der Waals surface area (Å²) in [5, 5.41) is 0. The standard InChI is InChI=1S/C16H24N2O2/c1-12(2)20-14-7-5-4-6-13(14)15(19)18-9-8-16(3,10-17)11-18/h4-7,12H,8-11,17H2,1-3H3. The molecule has 4 nitrogen and oxygen atoms in total. The molecule has 4 heteroatoms. The van der Waals surface area contributed by atoms with Crippen LogP contribution < -0.4 is 10.5 Å². The van der Waals surface area contributed by atoms with E-state index in [1.165, 1.54) is 0 Å². The Morgan fingerprint density at radius 1 is 1.45 bits per heavy atom.